The number of hydrogen-bond acceptors (Lipinski definition) is 6. The number of pyridine rings is 1. The summed E-state index contributed by atoms with van der Waals surface area (Å²) in [5.41, 5.74) is -0.546. The number of ether oxygens (including phenoxy) is 2. The number of rotatable bonds is 9. The molecule has 1 N–H and O–H groups in total. The van der Waals surface area contributed by atoms with E-state index in [0.717, 1.165) is 6.08 Å². The van der Waals surface area contributed by atoms with Gasteiger partial charge in [-0.15, -0.1) is 0 Å². The van der Waals surface area contributed by atoms with Crippen LogP contribution in [0.25, 0.3) is 11.7 Å². The van der Waals surface area contributed by atoms with Gasteiger partial charge in [-0.2, -0.15) is 10.2 Å². The molecule has 0 aliphatic heterocycles. The Hall–Kier alpha value is -3.38. The number of fused-ring (bicyclic) bond motifs is 1. The predicted octanol–water partition coefficient (Wildman–Crippen LogP) is 4.24. The van der Waals surface area contributed by atoms with E-state index < -0.39 is 11.5 Å². The lowest BCUT2D eigenvalue weighted by atomic mass is 10.1. The van der Waals surface area contributed by atoms with Crippen LogP contribution in [0.1, 0.15) is 18.9 Å². The van der Waals surface area contributed by atoms with Gasteiger partial charge in [0, 0.05) is 31.0 Å². The van der Waals surface area contributed by atoms with Crippen LogP contribution >= 0.6 is 23.2 Å². The van der Waals surface area contributed by atoms with Crippen LogP contribution in [-0.4, -0.2) is 35.1 Å². The summed E-state index contributed by atoms with van der Waals surface area (Å²) in [6, 6.07) is 11.4. The second-order valence-electron chi connectivity index (χ2n) is 6.72. The van der Waals surface area contributed by atoms with Crippen molar-refractivity contribution in [2.45, 2.75) is 13.3 Å². The van der Waals surface area contributed by atoms with Crippen molar-refractivity contribution in [3.63, 3.8) is 0 Å². The first kappa shape index (κ1) is 24.3. The van der Waals surface area contributed by atoms with Crippen molar-refractivity contribution in [1.29, 1.82) is 5.26 Å². The number of halogens is 2. The summed E-state index contributed by atoms with van der Waals surface area (Å²) < 4.78 is 12.3. The number of nitriles is 1. The SMILES string of the molecule is CCOCCCNC(=O)C(C#N)=Cc1c(Oc2ccc(Cl)cc2Cl)nc2ccccn2c1=O. The van der Waals surface area contributed by atoms with E-state index in [1.54, 1.807) is 24.3 Å². The van der Waals surface area contributed by atoms with Gasteiger partial charge < -0.3 is 14.8 Å². The number of hydrogen-bond donors (Lipinski definition) is 1. The Morgan fingerprint density at radius 1 is 1.30 bits per heavy atom. The molecule has 0 saturated carbocycles. The van der Waals surface area contributed by atoms with Crippen molar-refractivity contribution in [1.82, 2.24) is 14.7 Å². The number of aromatic nitrogens is 2. The van der Waals surface area contributed by atoms with Gasteiger partial charge in [0.15, 0.2) is 0 Å². The Morgan fingerprint density at radius 2 is 2.12 bits per heavy atom. The maximum absolute atomic E-state index is 13.2. The summed E-state index contributed by atoms with van der Waals surface area (Å²) in [7, 11) is 0. The van der Waals surface area contributed by atoms with Crippen LogP contribution in [0.4, 0.5) is 0 Å². The van der Waals surface area contributed by atoms with Gasteiger partial charge in [0.2, 0.25) is 5.88 Å². The lowest BCUT2D eigenvalue weighted by molar-refractivity contribution is -0.117. The quantitative estimate of drug-likeness (QED) is 0.275. The van der Waals surface area contributed by atoms with Gasteiger partial charge in [0.05, 0.1) is 5.02 Å². The molecule has 0 atom stereocenters. The minimum atomic E-state index is -0.623. The van der Waals surface area contributed by atoms with Crippen molar-refractivity contribution >= 4 is 40.8 Å². The van der Waals surface area contributed by atoms with Crippen molar-refractivity contribution in [3.05, 3.63) is 74.1 Å². The van der Waals surface area contributed by atoms with Crippen LogP contribution in [-0.2, 0) is 9.53 Å². The molecule has 10 heteroatoms. The van der Waals surface area contributed by atoms with E-state index in [-0.39, 0.29) is 27.8 Å². The molecule has 33 heavy (non-hydrogen) atoms. The van der Waals surface area contributed by atoms with Crippen molar-refractivity contribution in [2.75, 3.05) is 19.8 Å². The average molecular weight is 487 g/mol. The zero-order valence-corrected chi connectivity index (χ0v) is 19.2. The van der Waals surface area contributed by atoms with Gasteiger partial charge in [-0.05, 0) is 49.8 Å². The van der Waals surface area contributed by atoms with Crippen molar-refractivity contribution in [2.24, 2.45) is 0 Å². The minimum Gasteiger partial charge on any atom is -0.437 e. The van der Waals surface area contributed by atoms with E-state index >= 15 is 0 Å². The number of carbonyl (C=O) groups excluding carboxylic acids is 1. The topological polar surface area (TPSA) is 106 Å². The van der Waals surface area contributed by atoms with Crippen molar-refractivity contribution < 1.29 is 14.3 Å². The Kier molecular flexibility index (Phi) is 8.44. The highest BCUT2D eigenvalue weighted by Gasteiger charge is 2.18. The Bertz CT molecular complexity index is 1300. The van der Waals surface area contributed by atoms with Crippen LogP contribution < -0.4 is 15.6 Å². The number of amides is 1. The van der Waals surface area contributed by atoms with E-state index in [9.17, 15) is 14.9 Å². The molecule has 0 saturated heterocycles. The third-order valence-electron chi connectivity index (χ3n) is 4.44. The maximum Gasteiger partial charge on any atom is 0.269 e. The summed E-state index contributed by atoms with van der Waals surface area (Å²) in [6.45, 7) is 3.26. The molecule has 2 heterocycles. The fourth-order valence-electron chi connectivity index (χ4n) is 2.85. The molecule has 0 spiro atoms. The second kappa shape index (κ2) is 11.5. The average Bonchev–Trinajstić information content (AvgIpc) is 2.80. The normalized spacial score (nSPS) is 11.3. The summed E-state index contributed by atoms with van der Waals surface area (Å²) in [5.74, 6) is -0.517. The Labute approximate surface area is 200 Å². The van der Waals surface area contributed by atoms with Gasteiger partial charge in [-0.3, -0.25) is 14.0 Å². The molecule has 2 aromatic heterocycles. The molecule has 0 unspecified atom stereocenters. The highest BCUT2D eigenvalue weighted by molar-refractivity contribution is 6.35. The van der Waals surface area contributed by atoms with Crippen LogP contribution in [0, 0.1) is 11.3 Å². The van der Waals surface area contributed by atoms with Gasteiger partial charge in [-0.1, -0.05) is 29.3 Å². The van der Waals surface area contributed by atoms with E-state index in [1.807, 2.05) is 13.0 Å². The molecule has 170 valence electrons. The summed E-state index contributed by atoms with van der Waals surface area (Å²) >= 11 is 12.1. The molecule has 0 radical (unpaired) electrons. The van der Waals surface area contributed by atoms with E-state index in [2.05, 4.69) is 10.3 Å². The minimum absolute atomic E-state index is 0.0780. The highest BCUT2D eigenvalue weighted by atomic mass is 35.5. The van der Waals surface area contributed by atoms with Gasteiger partial charge in [0.1, 0.15) is 28.6 Å². The molecule has 0 aliphatic carbocycles. The Balaban J connectivity index is 2.01. The molecular formula is C23H20Cl2N4O4. The zero-order chi connectivity index (χ0) is 23.8. The number of nitrogens with one attached hydrogen (secondary N) is 1. The lowest BCUT2D eigenvalue weighted by Crippen LogP contribution is -2.27. The molecule has 0 bridgehead atoms. The second-order valence-corrected chi connectivity index (χ2v) is 7.56. The van der Waals surface area contributed by atoms with Crippen LogP contribution in [0.15, 0.2) is 53.0 Å². The van der Waals surface area contributed by atoms with Crippen LogP contribution in [0.2, 0.25) is 10.0 Å². The smallest absolute Gasteiger partial charge is 0.269 e. The standard InChI is InChI=1S/C23H20Cl2N4O4/c1-2-32-11-5-9-27-21(30)15(14-26)12-17-22(33-19-8-7-16(24)13-18(19)25)28-20-6-3-4-10-29(20)23(17)31/h3-4,6-8,10,12-13H,2,5,9,11H2,1H3,(H,27,30). The van der Waals surface area contributed by atoms with Gasteiger partial charge >= 0.3 is 0 Å². The number of carbonyl (C=O) groups is 1. The third-order valence-corrected chi connectivity index (χ3v) is 4.97. The summed E-state index contributed by atoms with van der Waals surface area (Å²) in [5, 5.41) is 12.8. The molecule has 1 aromatic carbocycles. The first-order valence-electron chi connectivity index (χ1n) is 10.1. The van der Waals surface area contributed by atoms with Gasteiger partial charge in [-0.25, -0.2) is 0 Å². The molecule has 3 aromatic rings. The Morgan fingerprint density at radius 3 is 2.85 bits per heavy atom. The molecular weight excluding hydrogens is 467 g/mol. The predicted molar refractivity (Wildman–Crippen MR) is 126 cm³/mol. The van der Waals surface area contributed by atoms with Crippen LogP contribution in [0.3, 0.4) is 0 Å². The molecule has 0 aliphatic rings. The summed E-state index contributed by atoms with van der Waals surface area (Å²) in [4.78, 5) is 30.1. The summed E-state index contributed by atoms with van der Waals surface area (Å²) in [6.07, 6.45) is 3.27. The van der Waals surface area contributed by atoms with Gasteiger partial charge in [0.25, 0.3) is 11.5 Å². The molecule has 1 amide bonds. The molecule has 8 nitrogen and oxygen atoms in total. The molecule has 0 fully saturated rings. The fraction of sp³-hybridized carbons (Fsp3) is 0.217. The maximum atomic E-state index is 13.2. The first-order valence-corrected chi connectivity index (χ1v) is 10.8. The fourth-order valence-corrected chi connectivity index (χ4v) is 3.30. The first-order chi connectivity index (χ1) is 15.9. The van der Waals surface area contributed by atoms with E-state index in [0.29, 0.717) is 36.8 Å². The van der Waals surface area contributed by atoms with E-state index in [4.69, 9.17) is 32.7 Å². The lowest BCUT2D eigenvalue weighted by Gasteiger charge is -2.11. The highest BCUT2D eigenvalue weighted by Crippen LogP contribution is 2.32. The van der Waals surface area contributed by atoms with E-state index in [1.165, 1.54) is 22.7 Å². The number of benzene rings is 1. The van der Waals surface area contributed by atoms with Crippen LogP contribution in [0.5, 0.6) is 11.6 Å². The zero-order valence-electron chi connectivity index (χ0n) is 17.7. The monoisotopic (exact) mass is 486 g/mol. The third kappa shape index (κ3) is 6.11. The molecule has 3 rings (SSSR count). The van der Waals surface area contributed by atoms with Crippen molar-refractivity contribution in [3.8, 4) is 17.7 Å². The largest absolute Gasteiger partial charge is 0.437 e. The number of nitrogens with zero attached hydrogens (tertiary/aromatic N) is 3.